The highest BCUT2D eigenvalue weighted by Crippen LogP contribution is 2.40. The minimum absolute atomic E-state index is 0.0566. The van der Waals surface area contributed by atoms with Gasteiger partial charge in [0, 0.05) is 6.04 Å². The molecule has 1 N–H and O–H groups in total. The minimum atomic E-state index is -0.169. The van der Waals surface area contributed by atoms with E-state index in [2.05, 4.69) is 36.5 Å². The molecule has 0 aromatic heterocycles. The highest BCUT2D eigenvalue weighted by Gasteiger charge is 2.24. The fourth-order valence-electron chi connectivity index (χ4n) is 2.25. The zero-order chi connectivity index (χ0) is 13.0. The van der Waals surface area contributed by atoms with Crippen molar-refractivity contribution in [2.75, 3.05) is 13.7 Å². The molecule has 1 atom stereocenters. The van der Waals surface area contributed by atoms with Crippen LogP contribution in [0.5, 0.6) is 0 Å². The molecular formula is C15H21NO2. The molecule has 0 radical (unpaired) electrons. The summed E-state index contributed by atoms with van der Waals surface area (Å²) in [4.78, 5) is 11.4. The van der Waals surface area contributed by atoms with Crippen LogP contribution in [0.25, 0.3) is 0 Å². The van der Waals surface area contributed by atoms with Crippen molar-refractivity contribution in [3.63, 3.8) is 0 Å². The van der Waals surface area contributed by atoms with Crippen molar-refractivity contribution in [3.05, 3.63) is 35.4 Å². The lowest BCUT2D eigenvalue weighted by atomic mass is 9.99. The van der Waals surface area contributed by atoms with Crippen molar-refractivity contribution in [1.29, 1.82) is 0 Å². The zero-order valence-corrected chi connectivity index (χ0v) is 11.1. The van der Waals surface area contributed by atoms with Gasteiger partial charge in [-0.3, -0.25) is 4.79 Å². The molecule has 1 fully saturated rings. The summed E-state index contributed by atoms with van der Waals surface area (Å²) in [7, 11) is 1.44. The Hall–Kier alpha value is -1.35. The minimum Gasteiger partial charge on any atom is -0.469 e. The van der Waals surface area contributed by atoms with Crippen LogP contribution in [-0.2, 0) is 9.53 Å². The second kappa shape index (κ2) is 6.01. The Morgan fingerprint density at radius 2 is 2.28 bits per heavy atom. The van der Waals surface area contributed by atoms with Crippen LogP contribution in [0.1, 0.15) is 49.3 Å². The number of esters is 1. The van der Waals surface area contributed by atoms with Crippen molar-refractivity contribution in [2.24, 2.45) is 0 Å². The summed E-state index contributed by atoms with van der Waals surface area (Å²) in [5, 5.41) is 3.35. The third-order valence-corrected chi connectivity index (χ3v) is 3.41. The van der Waals surface area contributed by atoms with Crippen molar-refractivity contribution in [1.82, 2.24) is 5.32 Å². The fraction of sp³-hybridized carbons (Fsp3) is 0.533. The van der Waals surface area contributed by atoms with Crippen LogP contribution in [0.4, 0.5) is 0 Å². The van der Waals surface area contributed by atoms with Gasteiger partial charge in [-0.2, -0.15) is 0 Å². The molecule has 0 heterocycles. The molecule has 1 aromatic rings. The average Bonchev–Trinajstić information content (AvgIpc) is 3.22. The highest BCUT2D eigenvalue weighted by molar-refractivity contribution is 5.70. The lowest BCUT2D eigenvalue weighted by molar-refractivity contribution is -0.141. The van der Waals surface area contributed by atoms with Gasteiger partial charge in [0.1, 0.15) is 0 Å². The number of benzene rings is 1. The molecular weight excluding hydrogens is 226 g/mol. The van der Waals surface area contributed by atoms with Crippen LogP contribution >= 0.6 is 0 Å². The van der Waals surface area contributed by atoms with Crippen molar-refractivity contribution in [2.45, 2.75) is 38.1 Å². The Balaban J connectivity index is 2.12. The molecule has 18 heavy (non-hydrogen) atoms. The molecule has 3 nitrogen and oxygen atoms in total. The predicted octanol–water partition coefficient (Wildman–Crippen LogP) is 2.78. The van der Waals surface area contributed by atoms with E-state index >= 15 is 0 Å². The van der Waals surface area contributed by atoms with Crippen molar-refractivity contribution < 1.29 is 9.53 Å². The summed E-state index contributed by atoms with van der Waals surface area (Å²) in [6.45, 7) is 2.89. The first-order valence-corrected chi connectivity index (χ1v) is 6.64. The number of hydrogen-bond acceptors (Lipinski definition) is 3. The molecule has 1 saturated carbocycles. The van der Waals surface area contributed by atoms with Gasteiger partial charge in [0.25, 0.3) is 0 Å². The normalized spacial score (nSPS) is 16.3. The van der Waals surface area contributed by atoms with Crippen LogP contribution in [0.15, 0.2) is 24.3 Å². The zero-order valence-electron chi connectivity index (χ0n) is 11.1. The third kappa shape index (κ3) is 3.33. The van der Waals surface area contributed by atoms with Gasteiger partial charge in [-0.15, -0.1) is 0 Å². The van der Waals surface area contributed by atoms with Crippen LogP contribution in [0, 0.1) is 0 Å². The number of nitrogens with one attached hydrogen (secondary N) is 1. The maximum atomic E-state index is 11.4. The number of carbonyl (C=O) groups excluding carboxylic acids is 1. The molecule has 0 bridgehead atoms. The third-order valence-electron chi connectivity index (χ3n) is 3.41. The Labute approximate surface area is 109 Å². The number of ether oxygens (including phenoxy) is 1. The monoisotopic (exact) mass is 247 g/mol. The molecule has 0 spiro atoms. The second-order valence-corrected chi connectivity index (χ2v) is 4.83. The summed E-state index contributed by atoms with van der Waals surface area (Å²) >= 11 is 0. The molecule has 0 saturated heterocycles. The summed E-state index contributed by atoms with van der Waals surface area (Å²) in [5.41, 5.74) is 2.59. The SMILES string of the molecule is CCNC(CC(=O)OC)c1cccc(C2CC2)c1. The molecule has 1 unspecified atom stereocenters. The number of methoxy groups -OCH3 is 1. The van der Waals surface area contributed by atoms with E-state index in [9.17, 15) is 4.79 Å². The first-order valence-electron chi connectivity index (χ1n) is 6.64. The molecule has 98 valence electrons. The fourth-order valence-corrected chi connectivity index (χ4v) is 2.25. The van der Waals surface area contributed by atoms with Gasteiger partial charge in [0.15, 0.2) is 0 Å². The topological polar surface area (TPSA) is 38.3 Å². The van der Waals surface area contributed by atoms with Gasteiger partial charge in [0.2, 0.25) is 0 Å². The first-order chi connectivity index (χ1) is 8.74. The van der Waals surface area contributed by atoms with E-state index in [0.29, 0.717) is 6.42 Å². The predicted molar refractivity (Wildman–Crippen MR) is 71.5 cm³/mol. The average molecular weight is 247 g/mol. The quantitative estimate of drug-likeness (QED) is 0.786. The van der Waals surface area contributed by atoms with Crippen LogP contribution in [0.3, 0.4) is 0 Å². The van der Waals surface area contributed by atoms with E-state index in [1.54, 1.807) is 0 Å². The van der Waals surface area contributed by atoms with E-state index in [1.165, 1.54) is 31.1 Å². The van der Waals surface area contributed by atoms with Gasteiger partial charge in [-0.05, 0) is 36.4 Å². The number of hydrogen-bond donors (Lipinski definition) is 1. The van der Waals surface area contributed by atoms with Gasteiger partial charge in [0.05, 0.1) is 13.5 Å². The standard InChI is InChI=1S/C15H21NO2/c1-3-16-14(10-15(17)18-2)13-6-4-5-12(9-13)11-7-8-11/h4-6,9,11,14,16H,3,7-8,10H2,1-2H3. The molecule has 1 aliphatic carbocycles. The number of rotatable bonds is 6. The molecule has 0 aliphatic heterocycles. The van der Waals surface area contributed by atoms with Gasteiger partial charge < -0.3 is 10.1 Å². The van der Waals surface area contributed by atoms with Crippen molar-refractivity contribution in [3.8, 4) is 0 Å². The molecule has 1 aromatic carbocycles. The Kier molecular flexibility index (Phi) is 4.37. The van der Waals surface area contributed by atoms with E-state index in [4.69, 9.17) is 4.74 Å². The van der Waals surface area contributed by atoms with Gasteiger partial charge in [-0.1, -0.05) is 31.2 Å². The van der Waals surface area contributed by atoms with Crippen LogP contribution < -0.4 is 5.32 Å². The highest BCUT2D eigenvalue weighted by atomic mass is 16.5. The number of carbonyl (C=O) groups is 1. The van der Waals surface area contributed by atoms with E-state index in [0.717, 1.165) is 12.5 Å². The largest absolute Gasteiger partial charge is 0.469 e. The lowest BCUT2D eigenvalue weighted by Crippen LogP contribution is -2.24. The molecule has 1 aliphatic rings. The van der Waals surface area contributed by atoms with E-state index in [-0.39, 0.29) is 12.0 Å². The van der Waals surface area contributed by atoms with Crippen LogP contribution in [-0.4, -0.2) is 19.6 Å². The van der Waals surface area contributed by atoms with Crippen LogP contribution in [0.2, 0.25) is 0 Å². The Morgan fingerprint density at radius 1 is 1.50 bits per heavy atom. The maximum absolute atomic E-state index is 11.4. The van der Waals surface area contributed by atoms with Gasteiger partial charge in [-0.25, -0.2) is 0 Å². The Bertz CT molecular complexity index is 413. The smallest absolute Gasteiger partial charge is 0.307 e. The van der Waals surface area contributed by atoms with Gasteiger partial charge >= 0.3 is 5.97 Å². The summed E-state index contributed by atoms with van der Waals surface area (Å²) < 4.78 is 4.76. The second-order valence-electron chi connectivity index (χ2n) is 4.83. The molecule has 0 amide bonds. The summed E-state index contributed by atoms with van der Waals surface area (Å²) in [6, 6.07) is 8.64. The summed E-state index contributed by atoms with van der Waals surface area (Å²) in [6.07, 6.45) is 2.98. The lowest BCUT2D eigenvalue weighted by Gasteiger charge is -2.18. The van der Waals surface area contributed by atoms with E-state index < -0.39 is 0 Å². The first kappa shape index (κ1) is 13.1. The van der Waals surface area contributed by atoms with Crippen molar-refractivity contribution >= 4 is 5.97 Å². The maximum Gasteiger partial charge on any atom is 0.307 e. The molecule has 3 heteroatoms. The Morgan fingerprint density at radius 3 is 2.89 bits per heavy atom. The summed E-state index contributed by atoms with van der Waals surface area (Å²) in [5.74, 6) is 0.572. The molecule has 2 rings (SSSR count). The van der Waals surface area contributed by atoms with E-state index in [1.807, 2.05) is 0 Å².